The third-order valence-electron chi connectivity index (χ3n) is 2.57. The molecule has 1 aromatic rings. The fourth-order valence-electron chi connectivity index (χ4n) is 1.78. The van der Waals surface area contributed by atoms with Crippen molar-refractivity contribution >= 4 is 0 Å². The highest BCUT2D eigenvalue weighted by Gasteiger charge is 2.07. The topological polar surface area (TPSA) is 60.7 Å². The second kappa shape index (κ2) is 6.38. The van der Waals surface area contributed by atoms with Gasteiger partial charge in [-0.1, -0.05) is 26.2 Å². The summed E-state index contributed by atoms with van der Waals surface area (Å²) in [4.78, 5) is 0. The Morgan fingerprint density at radius 1 is 1.06 bits per heavy atom. The van der Waals surface area contributed by atoms with Gasteiger partial charge in [0.25, 0.3) is 0 Å². The molecule has 3 nitrogen and oxygen atoms in total. The van der Waals surface area contributed by atoms with Crippen LogP contribution in [0, 0.1) is 0 Å². The second-order valence-electron chi connectivity index (χ2n) is 4.21. The van der Waals surface area contributed by atoms with Crippen molar-refractivity contribution in [3.05, 3.63) is 23.8 Å². The number of hydrogen-bond donors (Lipinski definition) is 3. The molecule has 0 spiro atoms. The van der Waals surface area contributed by atoms with E-state index in [2.05, 4.69) is 6.92 Å². The van der Waals surface area contributed by atoms with Crippen LogP contribution in [0.3, 0.4) is 0 Å². The summed E-state index contributed by atoms with van der Waals surface area (Å²) in [5.74, 6) is 0.0755. The van der Waals surface area contributed by atoms with E-state index in [1.54, 1.807) is 12.1 Å². The third kappa shape index (κ3) is 4.53. The van der Waals surface area contributed by atoms with Gasteiger partial charge in [-0.15, -0.1) is 0 Å². The van der Waals surface area contributed by atoms with Crippen LogP contribution in [0.15, 0.2) is 18.2 Å². The Hall–Kier alpha value is -1.22. The van der Waals surface area contributed by atoms with E-state index in [1.807, 2.05) is 0 Å². The number of aliphatic hydroxyl groups excluding tert-OH is 1. The van der Waals surface area contributed by atoms with Gasteiger partial charge < -0.3 is 15.3 Å². The number of hydrogen-bond acceptors (Lipinski definition) is 3. The summed E-state index contributed by atoms with van der Waals surface area (Å²) in [6, 6.07) is 4.43. The highest BCUT2D eigenvalue weighted by molar-refractivity contribution is 5.36. The van der Waals surface area contributed by atoms with Crippen molar-refractivity contribution in [2.24, 2.45) is 0 Å². The highest BCUT2D eigenvalue weighted by atomic mass is 16.3. The summed E-state index contributed by atoms with van der Waals surface area (Å²) in [7, 11) is 0. The largest absolute Gasteiger partial charge is 0.508 e. The molecule has 0 aliphatic heterocycles. The van der Waals surface area contributed by atoms with Gasteiger partial charge in [0.2, 0.25) is 0 Å². The van der Waals surface area contributed by atoms with Gasteiger partial charge in [0.15, 0.2) is 0 Å². The minimum absolute atomic E-state index is 0.0377. The molecule has 0 aliphatic carbocycles. The van der Waals surface area contributed by atoms with Gasteiger partial charge in [-0.3, -0.25) is 0 Å². The number of unbranched alkanes of at least 4 members (excludes halogenated alkanes) is 2. The fraction of sp³-hybridized carbons (Fsp3) is 0.538. The lowest BCUT2D eigenvalue weighted by Crippen LogP contribution is -2.10. The molecule has 0 aromatic heterocycles. The van der Waals surface area contributed by atoms with Gasteiger partial charge in [0, 0.05) is 6.07 Å². The second-order valence-corrected chi connectivity index (χ2v) is 4.21. The lowest BCUT2D eigenvalue weighted by molar-refractivity contribution is 0.161. The van der Waals surface area contributed by atoms with Crippen LogP contribution < -0.4 is 0 Å². The molecule has 0 radical (unpaired) electrons. The molecule has 0 fully saturated rings. The Labute approximate surface area is 96.4 Å². The molecule has 1 aromatic carbocycles. The van der Waals surface area contributed by atoms with Crippen molar-refractivity contribution in [1.29, 1.82) is 0 Å². The van der Waals surface area contributed by atoms with E-state index in [0.29, 0.717) is 6.42 Å². The van der Waals surface area contributed by atoms with E-state index in [-0.39, 0.29) is 11.5 Å². The molecule has 90 valence electrons. The van der Waals surface area contributed by atoms with Crippen LogP contribution in [-0.2, 0) is 6.42 Å². The van der Waals surface area contributed by atoms with Gasteiger partial charge in [-0.25, -0.2) is 0 Å². The first-order valence-corrected chi connectivity index (χ1v) is 5.81. The standard InChI is InChI=1S/C13H20O3/c1-2-3-4-5-11(14)6-10-7-12(15)9-13(16)8-10/h7-9,11,14-16H,2-6H2,1H3. The van der Waals surface area contributed by atoms with Gasteiger partial charge in [-0.05, 0) is 30.5 Å². The van der Waals surface area contributed by atoms with E-state index in [9.17, 15) is 15.3 Å². The molecule has 0 amide bonds. The highest BCUT2D eigenvalue weighted by Crippen LogP contribution is 2.22. The molecule has 0 bridgehead atoms. The maximum atomic E-state index is 9.75. The monoisotopic (exact) mass is 224 g/mol. The predicted molar refractivity (Wildman–Crippen MR) is 63.6 cm³/mol. The maximum absolute atomic E-state index is 9.75. The summed E-state index contributed by atoms with van der Waals surface area (Å²) in [6.07, 6.45) is 4.13. The van der Waals surface area contributed by atoms with E-state index < -0.39 is 6.10 Å². The van der Waals surface area contributed by atoms with Crippen LogP contribution in [0.2, 0.25) is 0 Å². The van der Waals surface area contributed by atoms with Crippen molar-refractivity contribution in [2.45, 2.75) is 45.1 Å². The van der Waals surface area contributed by atoms with Crippen molar-refractivity contribution in [3.8, 4) is 11.5 Å². The van der Waals surface area contributed by atoms with E-state index in [4.69, 9.17) is 0 Å². The van der Waals surface area contributed by atoms with Gasteiger partial charge in [-0.2, -0.15) is 0 Å². The Morgan fingerprint density at radius 3 is 2.25 bits per heavy atom. The Balaban J connectivity index is 2.45. The number of aliphatic hydroxyl groups is 1. The molecule has 3 N–H and O–H groups in total. The molecule has 1 atom stereocenters. The summed E-state index contributed by atoms with van der Waals surface area (Å²) in [6.45, 7) is 2.12. The first-order chi connectivity index (χ1) is 7.61. The zero-order chi connectivity index (χ0) is 12.0. The third-order valence-corrected chi connectivity index (χ3v) is 2.57. The zero-order valence-corrected chi connectivity index (χ0v) is 9.69. The van der Waals surface area contributed by atoms with Crippen LogP contribution in [0.25, 0.3) is 0 Å². The van der Waals surface area contributed by atoms with Gasteiger partial charge in [0.1, 0.15) is 11.5 Å². The van der Waals surface area contributed by atoms with E-state index in [0.717, 1.165) is 31.2 Å². The SMILES string of the molecule is CCCCCC(O)Cc1cc(O)cc(O)c1. The van der Waals surface area contributed by atoms with Crippen LogP contribution in [0.4, 0.5) is 0 Å². The van der Waals surface area contributed by atoms with Crippen molar-refractivity contribution in [3.63, 3.8) is 0 Å². The van der Waals surface area contributed by atoms with Gasteiger partial charge >= 0.3 is 0 Å². The molecule has 1 rings (SSSR count). The summed E-state index contributed by atoms with van der Waals surface area (Å²) in [5, 5.41) is 28.3. The number of aromatic hydroxyl groups is 2. The molecular weight excluding hydrogens is 204 g/mol. The lowest BCUT2D eigenvalue weighted by atomic mass is 10.0. The number of rotatable bonds is 6. The van der Waals surface area contributed by atoms with E-state index in [1.165, 1.54) is 6.07 Å². The maximum Gasteiger partial charge on any atom is 0.119 e. The lowest BCUT2D eigenvalue weighted by Gasteiger charge is -2.10. The van der Waals surface area contributed by atoms with Gasteiger partial charge in [0.05, 0.1) is 6.10 Å². The number of phenolic OH excluding ortho intramolecular Hbond substituents is 2. The Kier molecular flexibility index (Phi) is 5.12. The quantitative estimate of drug-likeness (QED) is 0.651. The Bertz CT molecular complexity index is 303. The first-order valence-electron chi connectivity index (χ1n) is 5.81. The van der Waals surface area contributed by atoms with Crippen molar-refractivity contribution in [2.75, 3.05) is 0 Å². The van der Waals surface area contributed by atoms with Crippen LogP contribution in [-0.4, -0.2) is 21.4 Å². The summed E-state index contributed by atoms with van der Waals surface area (Å²) in [5.41, 5.74) is 0.765. The number of benzene rings is 1. The predicted octanol–water partition coefficient (Wildman–Crippen LogP) is 2.58. The average molecular weight is 224 g/mol. The van der Waals surface area contributed by atoms with Crippen LogP contribution >= 0.6 is 0 Å². The molecule has 1 unspecified atom stereocenters. The molecule has 3 heteroatoms. The Morgan fingerprint density at radius 2 is 1.69 bits per heavy atom. The fourth-order valence-corrected chi connectivity index (χ4v) is 1.78. The minimum Gasteiger partial charge on any atom is -0.508 e. The van der Waals surface area contributed by atoms with E-state index >= 15 is 0 Å². The zero-order valence-electron chi connectivity index (χ0n) is 9.69. The van der Waals surface area contributed by atoms with Crippen LogP contribution in [0.1, 0.15) is 38.2 Å². The molecule has 0 heterocycles. The first kappa shape index (κ1) is 12.8. The average Bonchev–Trinajstić information content (AvgIpc) is 2.16. The minimum atomic E-state index is -0.396. The molecule has 0 saturated heterocycles. The molecule has 0 saturated carbocycles. The smallest absolute Gasteiger partial charge is 0.119 e. The molecule has 16 heavy (non-hydrogen) atoms. The van der Waals surface area contributed by atoms with Crippen molar-refractivity contribution < 1.29 is 15.3 Å². The van der Waals surface area contributed by atoms with Crippen LogP contribution in [0.5, 0.6) is 11.5 Å². The number of phenols is 2. The summed E-state index contributed by atoms with van der Waals surface area (Å²) >= 11 is 0. The molecular formula is C13H20O3. The van der Waals surface area contributed by atoms with Crippen molar-refractivity contribution in [1.82, 2.24) is 0 Å². The summed E-state index contributed by atoms with van der Waals surface area (Å²) < 4.78 is 0. The normalized spacial score (nSPS) is 12.6. The molecule has 0 aliphatic rings.